The van der Waals surface area contributed by atoms with Crippen molar-refractivity contribution in [1.82, 2.24) is 19.6 Å². The number of aromatic nitrogens is 2. The van der Waals surface area contributed by atoms with Crippen LogP contribution in [0.25, 0.3) is 16.7 Å². The first kappa shape index (κ1) is 19.2. The first-order chi connectivity index (χ1) is 14.0. The van der Waals surface area contributed by atoms with Gasteiger partial charge in [0, 0.05) is 32.2 Å². The fraction of sp³-hybridized carbons (Fsp3) is 0.409. The summed E-state index contributed by atoms with van der Waals surface area (Å²) in [7, 11) is 0. The molecule has 3 aromatic rings. The Morgan fingerprint density at radius 3 is 2.66 bits per heavy atom. The minimum Gasteiger partial charge on any atom is -0.355 e. The van der Waals surface area contributed by atoms with Crippen molar-refractivity contribution >= 4 is 28.4 Å². The predicted molar refractivity (Wildman–Crippen MR) is 114 cm³/mol. The number of piperazine rings is 1. The molecule has 7 nitrogen and oxygen atoms in total. The number of carbonyl (C=O) groups is 1. The van der Waals surface area contributed by atoms with E-state index in [0.717, 1.165) is 48.6 Å². The molecule has 0 radical (unpaired) electrons. The Bertz CT molecular complexity index is 1100. The van der Waals surface area contributed by atoms with E-state index in [1.54, 1.807) is 0 Å². The van der Waals surface area contributed by atoms with Crippen LogP contribution < -0.4 is 10.2 Å². The fourth-order valence-corrected chi connectivity index (χ4v) is 4.01. The van der Waals surface area contributed by atoms with Crippen molar-refractivity contribution < 1.29 is 4.79 Å². The van der Waals surface area contributed by atoms with Gasteiger partial charge in [-0.05, 0) is 44.5 Å². The number of para-hydroxylation sites is 2. The molecule has 1 fully saturated rings. The zero-order chi connectivity index (χ0) is 20.5. The molecule has 1 aliphatic heterocycles. The molecule has 0 spiro atoms. The van der Waals surface area contributed by atoms with Crippen molar-refractivity contribution in [2.45, 2.75) is 26.8 Å². The lowest BCUT2D eigenvalue weighted by Crippen LogP contribution is -2.50. The molecule has 1 saturated heterocycles. The Hall–Kier alpha value is -3.11. The van der Waals surface area contributed by atoms with Gasteiger partial charge in [-0.3, -0.25) is 14.1 Å². The standard InChI is InChI=1S/C22H26N6O/c1-15(2)24-20(29)14-26-8-10-27(11-9-26)21-12-16(3)17(13-23)22-25-18-6-4-5-7-19(18)28(21)22/h4-7,12,15H,8-11,14H2,1-3H3,(H,24,29). The third kappa shape index (κ3) is 3.64. The van der Waals surface area contributed by atoms with Gasteiger partial charge in [0.15, 0.2) is 5.65 Å². The van der Waals surface area contributed by atoms with Crippen LogP contribution in [0.4, 0.5) is 5.82 Å². The number of aryl methyl sites for hydroxylation is 1. The quantitative estimate of drug-likeness (QED) is 0.740. The molecule has 0 unspecified atom stereocenters. The van der Waals surface area contributed by atoms with Gasteiger partial charge >= 0.3 is 0 Å². The number of benzene rings is 1. The van der Waals surface area contributed by atoms with Crippen molar-refractivity contribution in [2.24, 2.45) is 0 Å². The summed E-state index contributed by atoms with van der Waals surface area (Å²) in [6.45, 7) is 9.63. The Kier molecular flexibility index (Phi) is 5.12. The molecule has 0 atom stereocenters. The highest BCUT2D eigenvalue weighted by molar-refractivity contribution is 5.85. The molecule has 2 aromatic heterocycles. The minimum absolute atomic E-state index is 0.0747. The first-order valence-electron chi connectivity index (χ1n) is 10.1. The number of amides is 1. The molecule has 0 bridgehead atoms. The lowest BCUT2D eigenvalue weighted by molar-refractivity contribution is -0.122. The topological polar surface area (TPSA) is 76.7 Å². The molecule has 150 valence electrons. The van der Waals surface area contributed by atoms with Crippen LogP contribution in [0.2, 0.25) is 0 Å². The van der Waals surface area contributed by atoms with E-state index in [0.29, 0.717) is 17.8 Å². The molecule has 29 heavy (non-hydrogen) atoms. The average molecular weight is 390 g/mol. The first-order valence-corrected chi connectivity index (χ1v) is 10.1. The maximum Gasteiger partial charge on any atom is 0.234 e. The second-order valence-corrected chi connectivity index (χ2v) is 7.92. The fourth-order valence-electron chi connectivity index (χ4n) is 4.01. The van der Waals surface area contributed by atoms with Crippen LogP contribution in [-0.4, -0.2) is 59.0 Å². The molecular weight excluding hydrogens is 364 g/mol. The van der Waals surface area contributed by atoms with Crippen molar-refractivity contribution in [2.75, 3.05) is 37.6 Å². The molecule has 3 heterocycles. The predicted octanol–water partition coefficient (Wildman–Crippen LogP) is 2.31. The van der Waals surface area contributed by atoms with Gasteiger partial charge in [-0.15, -0.1) is 0 Å². The molecule has 1 aromatic carbocycles. The number of nitriles is 1. The van der Waals surface area contributed by atoms with Crippen LogP contribution >= 0.6 is 0 Å². The lowest BCUT2D eigenvalue weighted by Gasteiger charge is -2.36. The smallest absolute Gasteiger partial charge is 0.234 e. The van der Waals surface area contributed by atoms with Crippen LogP contribution in [0.15, 0.2) is 30.3 Å². The van der Waals surface area contributed by atoms with E-state index in [2.05, 4.69) is 31.7 Å². The van der Waals surface area contributed by atoms with Crippen LogP contribution in [0.1, 0.15) is 25.0 Å². The molecule has 1 aliphatic rings. The Labute approximate surface area is 170 Å². The summed E-state index contributed by atoms with van der Waals surface area (Å²) in [6.07, 6.45) is 0. The minimum atomic E-state index is 0.0747. The summed E-state index contributed by atoms with van der Waals surface area (Å²) >= 11 is 0. The summed E-state index contributed by atoms with van der Waals surface area (Å²) in [5.74, 6) is 1.13. The molecule has 0 saturated carbocycles. The van der Waals surface area contributed by atoms with E-state index in [9.17, 15) is 10.1 Å². The number of imidazole rings is 1. The monoisotopic (exact) mass is 390 g/mol. The van der Waals surface area contributed by atoms with Crippen molar-refractivity contribution in [1.29, 1.82) is 5.26 Å². The van der Waals surface area contributed by atoms with E-state index in [-0.39, 0.29) is 11.9 Å². The van der Waals surface area contributed by atoms with E-state index in [4.69, 9.17) is 4.98 Å². The van der Waals surface area contributed by atoms with Gasteiger partial charge in [-0.1, -0.05) is 12.1 Å². The molecule has 1 N–H and O–H groups in total. The normalized spacial score (nSPS) is 15.2. The highest BCUT2D eigenvalue weighted by Crippen LogP contribution is 2.29. The number of nitrogens with zero attached hydrogens (tertiary/aromatic N) is 5. The highest BCUT2D eigenvalue weighted by atomic mass is 16.2. The van der Waals surface area contributed by atoms with Crippen LogP contribution in [-0.2, 0) is 4.79 Å². The van der Waals surface area contributed by atoms with Gasteiger partial charge in [-0.25, -0.2) is 4.98 Å². The van der Waals surface area contributed by atoms with Crippen molar-refractivity contribution in [3.63, 3.8) is 0 Å². The summed E-state index contributed by atoms with van der Waals surface area (Å²) in [6, 6.07) is 12.6. The number of fused-ring (bicyclic) bond motifs is 3. The zero-order valence-electron chi connectivity index (χ0n) is 17.1. The number of anilines is 1. The SMILES string of the molecule is Cc1cc(N2CCN(CC(=O)NC(C)C)CC2)n2c(nc3ccccc32)c1C#N. The number of pyridine rings is 1. The average Bonchev–Trinajstić information content (AvgIpc) is 3.06. The van der Waals surface area contributed by atoms with Crippen LogP contribution in [0, 0.1) is 18.3 Å². The van der Waals surface area contributed by atoms with Gasteiger partial charge in [0.1, 0.15) is 11.9 Å². The third-order valence-electron chi connectivity index (χ3n) is 5.38. The van der Waals surface area contributed by atoms with E-state index in [1.807, 2.05) is 45.0 Å². The third-order valence-corrected chi connectivity index (χ3v) is 5.38. The Morgan fingerprint density at radius 1 is 1.24 bits per heavy atom. The molecule has 0 aliphatic carbocycles. The van der Waals surface area contributed by atoms with Crippen molar-refractivity contribution in [3.8, 4) is 6.07 Å². The van der Waals surface area contributed by atoms with Gasteiger partial charge in [0.05, 0.1) is 23.1 Å². The number of rotatable bonds is 4. The molecule has 1 amide bonds. The number of hydrogen-bond donors (Lipinski definition) is 1. The summed E-state index contributed by atoms with van der Waals surface area (Å²) in [5, 5.41) is 12.6. The Morgan fingerprint density at radius 2 is 1.97 bits per heavy atom. The second-order valence-electron chi connectivity index (χ2n) is 7.92. The second kappa shape index (κ2) is 7.72. The highest BCUT2D eigenvalue weighted by Gasteiger charge is 2.23. The van der Waals surface area contributed by atoms with Crippen molar-refractivity contribution in [3.05, 3.63) is 41.5 Å². The maximum absolute atomic E-state index is 12.1. The summed E-state index contributed by atoms with van der Waals surface area (Å²) < 4.78 is 2.10. The van der Waals surface area contributed by atoms with Gasteiger partial charge in [-0.2, -0.15) is 5.26 Å². The largest absolute Gasteiger partial charge is 0.355 e. The number of carbonyl (C=O) groups excluding carboxylic acids is 1. The summed E-state index contributed by atoms with van der Waals surface area (Å²) in [5.41, 5.74) is 4.16. The maximum atomic E-state index is 12.1. The van der Waals surface area contributed by atoms with Crippen LogP contribution in [0.5, 0.6) is 0 Å². The number of hydrogen-bond acceptors (Lipinski definition) is 5. The molecular formula is C22H26N6O. The zero-order valence-corrected chi connectivity index (χ0v) is 17.1. The van der Waals surface area contributed by atoms with E-state index < -0.39 is 0 Å². The van der Waals surface area contributed by atoms with E-state index >= 15 is 0 Å². The van der Waals surface area contributed by atoms with Crippen LogP contribution in [0.3, 0.4) is 0 Å². The molecule has 4 rings (SSSR count). The lowest BCUT2D eigenvalue weighted by atomic mass is 10.1. The molecule has 7 heteroatoms. The number of nitrogens with one attached hydrogen (secondary N) is 1. The Balaban J connectivity index is 1.64. The van der Waals surface area contributed by atoms with Gasteiger partial charge in [0.2, 0.25) is 5.91 Å². The summed E-state index contributed by atoms with van der Waals surface area (Å²) in [4.78, 5) is 21.3. The van der Waals surface area contributed by atoms with Gasteiger partial charge < -0.3 is 10.2 Å². The van der Waals surface area contributed by atoms with Gasteiger partial charge in [0.25, 0.3) is 0 Å². The van der Waals surface area contributed by atoms with E-state index in [1.165, 1.54) is 0 Å².